The fourth-order valence-electron chi connectivity index (χ4n) is 3.91. The Bertz CT molecular complexity index is 880. The van der Waals surface area contributed by atoms with E-state index in [9.17, 15) is 9.59 Å². The lowest BCUT2D eigenvalue weighted by Gasteiger charge is -2.40. The van der Waals surface area contributed by atoms with Gasteiger partial charge >= 0.3 is 0 Å². The summed E-state index contributed by atoms with van der Waals surface area (Å²) in [5.41, 5.74) is 1.60. The Labute approximate surface area is 188 Å². The zero-order chi connectivity index (χ0) is 21.9. The summed E-state index contributed by atoms with van der Waals surface area (Å²) in [4.78, 5) is 31.8. The molecule has 0 bridgehead atoms. The van der Waals surface area contributed by atoms with Crippen LogP contribution in [0, 0.1) is 5.41 Å². The van der Waals surface area contributed by atoms with Crippen molar-refractivity contribution in [1.29, 1.82) is 0 Å². The van der Waals surface area contributed by atoms with E-state index in [2.05, 4.69) is 23.6 Å². The summed E-state index contributed by atoms with van der Waals surface area (Å²) in [6.07, 6.45) is 1.64. The van der Waals surface area contributed by atoms with E-state index in [-0.39, 0.29) is 36.3 Å². The van der Waals surface area contributed by atoms with Crippen molar-refractivity contribution >= 4 is 34.8 Å². The van der Waals surface area contributed by atoms with Gasteiger partial charge in [0, 0.05) is 23.3 Å². The topological polar surface area (TPSA) is 40.6 Å². The maximum atomic E-state index is 13.6. The van der Waals surface area contributed by atoms with Crippen molar-refractivity contribution in [2.45, 2.75) is 52.6 Å². The molecule has 0 N–H and O–H groups in total. The number of alkyl halides is 1. The number of carbonyl (C=O) groups excluding carboxylic acids is 2. The minimum Gasteiger partial charge on any atom is -0.330 e. The number of nitrogens with zero attached hydrogens (tertiary/aromatic N) is 2. The number of fused-ring (bicyclic) bond motifs is 1. The minimum atomic E-state index is -0.702. The van der Waals surface area contributed by atoms with Gasteiger partial charge in [0.2, 0.25) is 11.8 Å². The SMILES string of the molecule is CCC(C)N(CC(=O)N1CCc2sccc2C1c1ccccc1)C(=O)C(C)(C)CCl. The molecule has 2 atom stereocenters. The second kappa shape index (κ2) is 9.52. The van der Waals surface area contributed by atoms with E-state index in [1.807, 2.05) is 50.8 Å². The van der Waals surface area contributed by atoms with Gasteiger partial charge < -0.3 is 9.80 Å². The normalized spacial score (nSPS) is 17.4. The first-order valence-electron chi connectivity index (χ1n) is 10.6. The van der Waals surface area contributed by atoms with Gasteiger partial charge in [-0.25, -0.2) is 0 Å². The van der Waals surface area contributed by atoms with Gasteiger partial charge in [-0.1, -0.05) is 37.3 Å². The average molecular weight is 447 g/mol. The molecular formula is C24H31ClN2O2S. The average Bonchev–Trinajstić information content (AvgIpc) is 3.25. The summed E-state index contributed by atoms with van der Waals surface area (Å²) in [6, 6.07) is 12.2. The molecule has 6 heteroatoms. The van der Waals surface area contributed by atoms with Crippen LogP contribution in [0.3, 0.4) is 0 Å². The van der Waals surface area contributed by atoms with Crippen molar-refractivity contribution in [2.75, 3.05) is 19.0 Å². The zero-order valence-electron chi connectivity index (χ0n) is 18.2. The number of carbonyl (C=O) groups is 2. The van der Waals surface area contributed by atoms with E-state index in [1.165, 1.54) is 10.4 Å². The first-order chi connectivity index (χ1) is 14.3. The molecule has 3 rings (SSSR count). The summed E-state index contributed by atoms with van der Waals surface area (Å²) < 4.78 is 0. The van der Waals surface area contributed by atoms with E-state index in [1.54, 1.807) is 16.2 Å². The number of hydrogen-bond donors (Lipinski definition) is 0. The monoisotopic (exact) mass is 446 g/mol. The molecule has 0 saturated heterocycles. The van der Waals surface area contributed by atoms with Gasteiger partial charge in [0.15, 0.2) is 0 Å². The van der Waals surface area contributed by atoms with Crippen molar-refractivity contribution in [3.8, 4) is 0 Å². The van der Waals surface area contributed by atoms with Crippen molar-refractivity contribution < 1.29 is 9.59 Å². The van der Waals surface area contributed by atoms with E-state index in [4.69, 9.17) is 11.6 Å². The van der Waals surface area contributed by atoms with E-state index < -0.39 is 5.41 Å². The number of rotatable bonds is 7. The van der Waals surface area contributed by atoms with Crippen LogP contribution < -0.4 is 0 Å². The lowest BCUT2D eigenvalue weighted by atomic mass is 9.92. The second-order valence-corrected chi connectivity index (χ2v) is 9.93. The van der Waals surface area contributed by atoms with Crippen LogP contribution in [0.1, 0.15) is 56.2 Å². The number of hydrogen-bond acceptors (Lipinski definition) is 3. The highest BCUT2D eigenvalue weighted by Gasteiger charge is 2.37. The van der Waals surface area contributed by atoms with Crippen LogP contribution in [0.25, 0.3) is 0 Å². The van der Waals surface area contributed by atoms with Gasteiger partial charge in [-0.15, -0.1) is 22.9 Å². The number of amides is 2. The summed E-state index contributed by atoms with van der Waals surface area (Å²) in [5, 5.41) is 2.10. The molecular weight excluding hydrogens is 416 g/mol. The molecule has 0 fully saturated rings. The van der Waals surface area contributed by atoms with Crippen molar-refractivity contribution in [1.82, 2.24) is 9.80 Å². The highest BCUT2D eigenvalue weighted by atomic mass is 35.5. The molecule has 1 aliphatic rings. The second-order valence-electron chi connectivity index (χ2n) is 8.66. The maximum absolute atomic E-state index is 13.6. The van der Waals surface area contributed by atoms with Crippen molar-refractivity contribution in [3.63, 3.8) is 0 Å². The van der Waals surface area contributed by atoms with Gasteiger partial charge in [-0.2, -0.15) is 0 Å². The molecule has 1 aliphatic heterocycles. The summed E-state index contributed by atoms with van der Waals surface area (Å²) in [7, 11) is 0. The lowest BCUT2D eigenvalue weighted by Crippen LogP contribution is -2.52. The van der Waals surface area contributed by atoms with Crippen LogP contribution >= 0.6 is 22.9 Å². The Balaban J connectivity index is 1.91. The smallest absolute Gasteiger partial charge is 0.243 e. The molecule has 0 saturated carbocycles. The van der Waals surface area contributed by atoms with Crippen LogP contribution in [-0.2, 0) is 16.0 Å². The molecule has 0 spiro atoms. The van der Waals surface area contributed by atoms with Crippen LogP contribution in [0.5, 0.6) is 0 Å². The molecule has 0 radical (unpaired) electrons. The van der Waals surface area contributed by atoms with Crippen LogP contribution in [-0.4, -0.2) is 46.6 Å². The fraction of sp³-hybridized carbons (Fsp3) is 0.500. The summed E-state index contributed by atoms with van der Waals surface area (Å²) in [6.45, 7) is 8.46. The number of benzene rings is 1. The molecule has 2 heterocycles. The first-order valence-corrected chi connectivity index (χ1v) is 12.0. The van der Waals surface area contributed by atoms with E-state index in [0.717, 1.165) is 18.4 Å². The van der Waals surface area contributed by atoms with E-state index >= 15 is 0 Å². The van der Waals surface area contributed by atoms with E-state index in [0.29, 0.717) is 6.54 Å². The standard InChI is InChI=1S/C24H31ClN2O2S/c1-5-17(2)27(23(29)24(3,4)16-25)15-21(28)26-13-11-20-19(12-14-30-20)22(26)18-9-7-6-8-10-18/h6-10,12,14,17,22H,5,11,13,15-16H2,1-4H3. The largest absolute Gasteiger partial charge is 0.330 e. The molecule has 162 valence electrons. The lowest BCUT2D eigenvalue weighted by molar-refractivity contribution is -0.148. The Morgan fingerprint density at radius 1 is 1.27 bits per heavy atom. The predicted molar refractivity (Wildman–Crippen MR) is 124 cm³/mol. The Morgan fingerprint density at radius 2 is 1.97 bits per heavy atom. The first kappa shape index (κ1) is 22.8. The molecule has 2 unspecified atom stereocenters. The van der Waals surface area contributed by atoms with Gasteiger partial charge in [-0.05, 0) is 56.2 Å². The maximum Gasteiger partial charge on any atom is 0.243 e. The van der Waals surface area contributed by atoms with Gasteiger partial charge in [0.05, 0.1) is 11.5 Å². The molecule has 30 heavy (non-hydrogen) atoms. The van der Waals surface area contributed by atoms with Crippen LogP contribution in [0.2, 0.25) is 0 Å². The highest BCUT2D eigenvalue weighted by molar-refractivity contribution is 7.10. The fourth-order valence-corrected chi connectivity index (χ4v) is 4.93. The van der Waals surface area contributed by atoms with Crippen molar-refractivity contribution in [2.24, 2.45) is 5.41 Å². The Kier molecular flexibility index (Phi) is 7.25. The summed E-state index contributed by atoms with van der Waals surface area (Å²) in [5.74, 6) is 0.145. The molecule has 2 aromatic rings. The molecule has 4 nitrogen and oxygen atoms in total. The van der Waals surface area contributed by atoms with Crippen LogP contribution in [0.4, 0.5) is 0 Å². The van der Waals surface area contributed by atoms with Gasteiger partial charge in [-0.3, -0.25) is 9.59 Å². The van der Waals surface area contributed by atoms with Gasteiger partial charge in [0.1, 0.15) is 6.54 Å². The Morgan fingerprint density at radius 3 is 2.60 bits per heavy atom. The molecule has 2 amide bonds. The zero-order valence-corrected chi connectivity index (χ0v) is 19.8. The van der Waals surface area contributed by atoms with Gasteiger partial charge in [0.25, 0.3) is 0 Å². The third kappa shape index (κ3) is 4.57. The highest BCUT2D eigenvalue weighted by Crippen LogP contribution is 2.38. The number of thiophene rings is 1. The molecule has 0 aliphatic carbocycles. The third-order valence-electron chi connectivity index (χ3n) is 6.00. The summed E-state index contributed by atoms with van der Waals surface area (Å²) >= 11 is 7.82. The Hall–Kier alpha value is -1.85. The molecule has 1 aromatic carbocycles. The predicted octanol–water partition coefficient (Wildman–Crippen LogP) is 5.11. The quantitative estimate of drug-likeness (QED) is 0.554. The minimum absolute atomic E-state index is 0.0141. The van der Waals surface area contributed by atoms with Crippen LogP contribution in [0.15, 0.2) is 41.8 Å². The number of halogens is 1. The van der Waals surface area contributed by atoms with Crippen molar-refractivity contribution in [3.05, 3.63) is 57.8 Å². The molecule has 1 aromatic heterocycles. The third-order valence-corrected chi connectivity index (χ3v) is 7.67.